The summed E-state index contributed by atoms with van der Waals surface area (Å²) in [5, 5.41) is 0.697. The Bertz CT molecular complexity index is 1030. The minimum atomic E-state index is -0.223. The van der Waals surface area contributed by atoms with Crippen molar-refractivity contribution < 1.29 is 19.0 Å². The molecule has 7 heteroatoms. The maximum absolute atomic E-state index is 13.1. The molecule has 0 atom stereocenters. The number of rotatable bonds is 8. The van der Waals surface area contributed by atoms with Crippen LogP contribution in [-0.4, -0.2) is 31.7 Å². The SMILES string of the molecule is COc1ccc(CN(C(=O)COc2cc(C)c(Cl)c(C)c2)c2ccccn2)cc1OC. The van der Waals surface area contributed by atoms with Crippen LogP contribution in [0.2, 0.25) is 5.02 Å². The second kappa shape index (κ2) is 10.2. The highest BCUT2D eigenvalue weighted by Crippen LogP contribution is 2.29. The molecule has 0 fully saturated rings. The highest BCUT2D eigenvalue weighted by atomic mass is 35.5. The van der Waals surface area contributed by atoms with Gasteiger partial charge in [-0.3, -0.25) is 9.69 Å². The summed E-state index contributed by atoms with van der Waals surface area (Å²) in [6, 6.07) is 14.6. The van der Waals surface area contributed by atoms with E-state index in [1.165, 1.54) is 0 Å². The summed E-state index contributed by atoms with van der Waals surface area (Å²) in [5.74, 6) is 2.13. The van der Waals surface area contributed by atoms with Crippen molar-refractivity contribution in [3.63, 3.8) is 0 Å². The van der Waals surface area contributed by atoms with Crippen LogP contribution >= 0.6 is 11.6 Å². The number of anilines is 1. The molecule has 3 aromatic rings. The van der Waals surface area contributed by atoms with E-state index in [2.05, 4.69) is 4.98 Å². The van der Waals surface area contributed by atoms with Crippen molar-refractivity contribution in [2.24, 2.45) is 0 Å². The molecule has 2 aromatic carbocycles. The topological polar surface area (TPSA) is 60.9 Å². The first-order valence-corrected chi connectivity index (χ1v) is 10.1. The molecule has 0 aliphatic carbocycles. The molecule has 0 aliphatic heterocycles. The van der Waals surface area contributed by atoms with E-state index >= 15 is 0 Å². The first kappa shape index (κ1) is 22.4. The first-order valence-electron chi connectivity index (χ1n) is 9.74. The number of ether oxygens (including phenoxy) is 3. The number of aryl methyl sites for hydroxylation is 2. The molecule has 0 bridgehead atoms. The molecule has 31 heavy (non-hydrogen) atoms. The Kier molecular flexibility index (Phi) is 7.36. The summed E-state index contributed by atoms with van der Waals surface area (Å²) in [4.78, 5) is 19.0. The summed E-state index contributed by atoms with van der Waals surface area (Å²) in [6.07, 6.45) is 1.65. The van der Waals surface area contributed by atoms with Crippen LogP contribution in [0.5, 0.6) is 17.2 Å². The van der Waals surface area contributed by atoms with Crippen LogP contribution < -0.4 is 19.1 Å². The third-order valence-corrected chi connectivity index (χ3v) is 5.38. The van der Waals surface area contributed by atoms with Crippen LogP contribution in [0.15, 0.2) is 54.7 Å². The van der Waals surface area contributed by atoms with E-state index < -0.39 is 0 Å². The highest BCUT2D eigenvalue weighted by Gasteiger charge is 2.19. The maximum Gasteiger partial charge on any atom is 0.266 e. The van der Waals surface area contributed by atoms with Crippen LogP contribution in [-0.2, 0) is 11.3 Å². The van der Waals surface area contributed by atoms with Crippen molar-refractivity contribution in [2.75, 3.05) is 25.7 Å². The molecule has 162 valence electrons. The van der Waals surface area contributed by atoms with Gasteiger partial charge in [-0.25, -0.2) is 4.98 Å². The number of benzene rings is 2. The standard InChI is InChI=1S/C24H25ClN2O4/c1-16-11-19(12-17(2)24(16)25)31-15-23(28)27(22-7-5-6-10-26-22)14-18-8-9-20(29-3)21(13-18)30-4/h5-13H,14-15H2,1-4H3. The number of methoxy groups -OCH3 is 2. The van der Waals surface area contributed by atoms with Gasteiger partial charge in [0.15, 0.2) is 18.1 Å². The number of carbonyl (C=O) groups is 1. The fraction of sp³-hybridized carbons (Fsp3) is 0.250. The highest BCUT2D eigenvalue weighted by molar-refractivity contribution is 6.32. The Morgan fingerprint density at radius 3 is 2.32 bits per heavy atom. The van der Waals surface area contributed by atoms with Crippen LogP contribution in [0.1, 0.15) is 16.7 Å². The lowest BCUT2D eigenvalue weighted by Gasteiger charge is -2.22. The average Bonchev–Trinajstić information content (AvgIpc) is 2.79. The molecule has 3 rings (SSSR count). The number of hydrogen-bond acceptors (Lipinski definition) is 5. The van der Waals surface area contributed by atoms with E-state index in [0.717, 1.165) is 16.7 Å². The van der Waals surface area contributed by atoms with Crippen molar-refractivity contribution >= 4 is 23.3 Å². The molecule has 0 unspecified atom stereocenters. The van der Waals surface area contributed by atoms with Crippen LogP contribution in [0, 0.1) is 13.8 Å². The van der Waals surface area contributed by atoms with Crippen molar-refractivity contribution in [1.82, 2.24) is 4.98 Å². The van der Waals surface area contributed by atoms with Crippen LogP contribution in [0.4, 0.5) is 5.82 Å². The predicted octanol–water partition coefficient (Wildman–Crippen LogP) is 4.98. The Hall–Kier alpha value is -3.25. The molecule has 0 saturated carbocycles. The number of nitrogens with zero attached hydrogens (tertiary/aromatic N) is 2. The summed E-state index contributed by atoms with van der Waals surface area (Å²) in [6.45, 7) is 3.98. The maximum atomic E-state index is 13.1. The number of pyridine rings is 1. The molecule has 6 nitrogen and oxygen atoms in total. The van der Waals surface area contributed by atoms with E-state index in [1.807, 2.05) is 50.2 Å². The molecule has 1 heterocycles. The zero-order valence-electron chi connectivity index (χ0n) is 18.0. The van der Waals surface area contributed by atoms with E-state index in [4.69, 9.17) is 25.8 Å². The molecule has 1 aromatic heterocycles. The quantitative estimate of drug-likeness (QED) is 0.494. The third-order valence-electron chi connectivity index (χ3n) is 4.79. The number of hydrogen-bond donors (Lipinski definition) is 0. The van der Waals surface area contributed by atoms with E-state index in [9.17, 15) is 4.79 Å². The normalized spacial score (nSPS) is 10.5. The Labute approximate surface area is 187 Å². The second-order valence-electron chi connectivity index (χ2n) is 7.02. The molecular weight excluding hydrogens is 416 g/mol. The number of aromatic nitrogens is 1. The van der Waals surface area contributed by atoms with Crippen molar-refractivity contribution in [1.29, 1.82) is 0 Å². The van der Waals surface area contributed by atoms with E-state index in [0.29, 0.717) is 34.6 Å². The van der Waals surface area contributed by atoms with E-state index in [1.54, 1.807) is 37.4 Å². The van der Waals surface area contributed by atoms with Crippen LogP contribution in [0.25, 0.3) is 0 Å². The molecule has 0 aliphatic rings. The lowest BCUT2D eigenvalue weighted by atomic mass is 10.1. The lowest BCUT2D eigenvalue weighted by molar-refractivity contribution is -0.120. The molecule has 0 N–H and O–H groups in total. The van der Waals surface area contributed by atoms with Gasteiger partial charge in [-0.05, 0) is 66.9 Å². The van der Waals surface area contributed by atoms with Gasteiger partial charge in [0.05, 0.1) is 20.8 Å². The molecular formula is C24H25ClN2O4. The largest absolute Gasteiger partial charge is 0.493 e. The molecule has 0 spiro atoms. The predicted molar refractivity (Wildman–Crippen MR) is 121 cm³/mol. The van der Waals surface area contributed by atoms with Gasteiger partial charge in [0, 0.05) is 11.2 Å². The second-order valence-corrected chi connectivity index (χ2v) is 7.39. The van der Waals surface area contributed by atoms with Gasteiger partial charge in [0.1, 0.15) is 11.6 Å². The van der Waals surface area contributed by atoms with Crippen molar-refractivity contribution in [2.45, 2.75) is 20.4 Å². The summed E-state index contributed by atoms with van der Waals surface area (Å²) < 4.78 is 16.5. The van der Waals surface area contributed by atoms with Gasteiger partial charge in [-0.15, -0.1) is 0 Å². The van der Waals surface area contributed by atoms with Crippen LogP contribution in [0.3, 0.4) is 0 Å². The Morgan fingerprint density at radius 1 is 1.00 bits per heavy atom. The van der Waals surface area contributed by atoms with Crippen molar-refractivity contribution in [3.8, 4) is 17.2 Å². The molecule has 0 radical (unpaired) electrons. The van der Waals surface area contributed by atoms with Gasteiger partial charge in [-0.1, -0.05) is 23.7 Å². The van der Waals surface area contributed by atoms with Gasteiger partial charge in [0.2, 0.25) is 0 Å². The Balaban J connectivity index is 1.82. The number of halogens is 1. The van der Waals surface area contributed by atoms with Crippen molar-refractivity contribution in [3.05, 3.63) is 76.4 Å². The van der Waals surface area contributed by atoms with E-state index in [-0.39, 0.29) is 12.5 Å². The monoisotopic (exact) mass is 440 g/mol. The minimum Gasteiger partial charge on any atom is -0.493 e. The first-order chi connectivity index (χ1) is 14.9. The fourth-order valence-corrected chi connectivity index (χ4v) is 3.29. The van der Waals surface area contributed by atoms with Gasteiger partial charge >= 0.3 is 0 Å². The average molecular weight is 441 g/mol. The van der Waals surface area contributed by atoms with Gasteiger partial charge in [-0.2, -0.15) is 0 Å². The fourth-order valence-electron chi connectivity index (χ4n) is 3.18. The molecule has 0 saturated heterocycles. The minimum absolute atomic E-state index is 0.135. The number of carbonyl (C=O) groups excluding carboxylic acids is 1. The third kappa shape index (κ3) is 5.47. The smallest absolute Gasteiger partial charge is 0.266 e. The summed E-state index contributed by atoms with van der Waals surface area (Å²) in [5.41, 5.74) is 2.67. The van der Waals surface area contributed by atoms with Gasteiger partial charge in [0.25, 0.3) is 5.91 Å². The molecule has 1 amide bonds. The zero-order chi connectivity index (χ0) is 22.4. The summed E-state index contributed by atoms with van der Waals surface area (Å²) >= 11 is 6.22. The van der Waals surface area contributed by atoms with Gasteiger partial charge < -0.3 is 14.2 Å². The lowest BCUT2D eigenvalue weighted by Crippen LogP contribution is -2.35. The number of amides is 1. The summed E-state index contributed by atoms with van der Waals surface area (Å²) in [7, 11) is 3.16. The zero-order valence-corrected chi connectivity index (χ0v) is 18.8. The Morgan fingerprint density at radius 2 is 1.71 bits per heavy atom.